The lowest BCUT2D eigenvalue weighted by molar-refractivity contribution is 0.248. The molecule has 2 heterocycles. The van der Waals surface area contributed by atoms with Gasteiger partial charge in [0.15, 0.2) is 0 Å². The molecule has 22 heavy (non-hydrogen) atoms. The van der Waals surface area contributed by atoms with Crippen LogP contribution in [0, 0.1) is 11.3 Å². The highest BCUT2D eigenvalue weighted by molar-refractivity contribution is 5.31. The quantitative estimate of drug-likeness (QED) is 0.861. The molecule has 0 bridgehead atoms. The molecule has 1 aromatic carbocycles. The van der Waals surface area contributed by atoms with Gasteiger partial charge in [0.25, 0.3) is 0 Å². The number of aromatic nitrogens is 2. The lowest BCUT2D eigenvalue weighted by Gasteiger charge is -2.34. The van der Waals surface area contributed by atoms with Gasteiger partial charge in [0, 0.05) is 45.1 Å². The summed E-state index contributed by atoms with van der Waals surface area (Å²) < 4.78 is 0. The van der Waals surface area contributed by atoms with Crippen LogP contribution >= 0.6 is 0 Å². The van der Waals surface area contributed by atoms with Gasteiger partial charge < -0.3 is 4.90 Å². The second kappa shape index (κ2) is 7.01. The van der Waals surface area contributed by atoms with E-state index < -0.39 is 0 Å². The smallest absolute Gasteiger partial charge is 0.225 e. The van der Waals surface area contributed by atoms with E-state index in [1.807, 2.05) is 24.3 Å². The van der Waals surface area contributed by atoms with Crippen LogP contribution in [0.4, 0.5) is 5.95 Å². The van der Waals surface area contributed by atoms with Crippen LogP contribution in [0.3, 0.4) is 0 Å². The zero-order valence-corrected chi connectivity index (χ0v) is 12.5. The van der Waals surface area contributed by atoms with E-state index in [1.165, 1.54) is 5.56 Å². The molecule has 0 saturated carbocycles. The third-order valence-corrected chi connectivity index (χ3v) is 3.99. The first-order valence-corrected chi connectivity index (χ1v) is 7.55. The Labute approximate surface area is 130 Å². The first-order valence-electron chi connectivity index (χ1n) is 7.55. The molecule has 0 radical (unpaired) electrons. The van der Waals surface area contributed by atoms with Gasteiger partial charge in [-0.3, -0.25) is 4.90 Å². The van der Waals surface area contributed by atoms with Gasteiger partial charge in [-0.05, 0) is 17.2 Å². The molecule has 3 rings (SSSR count). The van der Waals surface area contributed by atoms with Crippen LogP contribution in [0.1, 0.15) is 11.1 Å². The van der Waals surface area contributed by atoms with E-state index in [0.717, 1.165) is 44.2 Å². The van der Waals surface area contributed by atoms with E-state index in [-0.39, 0.29) is 0 Å². The number of rotatable bonds is 4. The molecule has 5 heteroatoms. The van der Waals surface area contributed by atoms with Crippen molar-refractivity contribution in [1.29, 1.82) is 5.26 Å². The van der Waals surface area contributed by atoms with Gasteiger partial charge in [-0.1, -0.05) is 24.3 Å². The van der Waals surface area contributed by atoms with Crippen LogP contribution in [0.25, 0.3) is 0 Å². The standard InChI is InChI=1S/C17H19N5/c18-7-6-15-4-1-2-5-16(15)14-21-10-12-22(13-11-21)17-19-8-3-9-20-17/h1-5,8-9H,6,10-14H2. The van der Waals surface area contributed by atoms with Gasteiger partial charge in [-0.15, -0.1) is 0 Å². The topological polar surface area (TPSA) is 56.1 Å². The molecule has 0 spiro atoms. The van der Waals surface area contributed by atoms with Crippen molar-refractivity contribution in [3.63, 3.8) is 0 Å². The molecule has 0 atom stereocenters. The van der Waals surface area contributed by atoms with E-state index in [4.69, 9.17) is 5.26 Å². The molecule has 1 aliphatic heterocycles. The van der Waals surface area contributed by atoms with Crippen LogP contribution < -0.4 is 4.90 Å². The normalized spacial score (nSPS) is 15.5. The maximum atomic E-state index is 8.93. The highest BCUT2D eigenvalue weighted by atomic mass is 15.3. The van der Waals surface area contributed by atoms with E-state index in [1.54, 1.807) is 12.4 Å². The fraction of sp³-hybridized carbons (Fsp3) is 0.353. The van der Waals surface area contributed by atoms with Crippen molar-refractivity contribution in [3.8, 4) is 6.07 Å². The van der Waals surface area contributed by atoms with Crippen molar-refractivity contribution in [3.05, 3.63) is 53.9 Å². The largest absolute Gasteiger partial charge is 0.338 e. The Hall–Kier alpha value is -2.45. The van der Waals surface area contributed by atoms with Gasteiger partial charge in [0.05, 0.1) is 12.5 Å². The van der Waals surface area contributed by atoms with Gasteiger partial charge in [-0.2, -0.15) is 5.26 Å². The second-order valence-corrected chi connectivity index (χ2v) is 5.42. The molecular weight excluding hydrogens is 274 g/mol. The summed E-state index contributed by atoms with van der Waals surface area (Å²) in [4.78, 5) is 13.3. The number of nitriles is 1. The third-order valence-electron chi connectivity index (χ3n) is 3.99. The number of anilines is 1. The monoisotopic (exact) mass is 293 g/mol. The molecule has 2 aromatic rings. The van der Waals surface area contributed by atoms with Crippen molar-refractivity contribution in [2.24, 2.45) is 0 Å². The number of hydrogen-bond donors (Lipinski definition) is 0. The summed E-state index contributed by atoms with van der Waals surface area (Å²) in [5.41, 5.74) is 2.40. The van der Waals surface area contributed by atoms with Crippen LogP contribution in [0.15, 0.2) is 42.7 Å². The van der Waals surface area contributed by atoms with Crippen molar-refractivity contribution in [2.75, 3.05) is 31.1 Å². The molecule has 1 aromatic heterocycles. The van der Waals surface area contributed by atoms with Gasteiger partial charge in [0.2, 0.25) is 5.95 Å². The average molecular weight is 293 g/mol. The van der Waals surface area contributed by atoms with Gasteiger partial charge >= 0.3 is 0 Å². The summed E-state index contributed by atoms with van der Waals surface area (Å²) >= 11 is 0. The second-order valence-electron chi connectivity index (χ2n) is 5.42. The average Bonchev–Trinajstić information content (AvgIpc) is 2.58. The minimum atomic E-state index is 0.480. The maximum absolute atomic E-state index is 8.93. The van der Waals surface area contributed by atoms with Crippen LogP contribution in [0.2, 0.25) is 0 Å². The first kappa shape index (κ1) is 14.5. The number of benzene rings is 1. The van der Waals surface area contributed by atoms with Crippen LogP contribution in [-0.4, -0.2) is 41.0 Å². The summed E-state index contributed by atoms with van der Waals surface area (Å²) in [6, 6.07) is 12.3. The molecule has 1 fully saturated rings. The highest BCUT2D eigenvalue weighted by Crippen LogP contribution is 2.15. The molecule has 112 valence electrons. The molecule has 0 aliphatic carbocycles. The summed E-state index contributed by atoms with van der Waals surface area (Å²) in [6.07, 6.45) is 4.05. The fourth-order valence-electron chi connectivity index (χ4n) is 2.77. The molecule has 0 amide bonds. The molecule has 1 aliphatic rings. The summed E-state index contributed by atoms with van der Waals surface area (Å²) in [5.74, 6) is 0.812. The molecular formula is C17H19N5. The Balaban J connectivity index is 1.60. The SMILES string of the molecule is N#CCc1ccccc1CN1CCN(c2ncccn2)CC1. The Kier molecular flexibility index (Phi) is 4.62. The zero-order chi connectivity index (χ0) is 15.2. The van der Waals surface area contributed by atoms with Gasteiger partial charge in [-0.25, -0.2) is 9.97 Å². The molecule has 1 saturated heterocycles. The van der Waals surface area contributed by atoms with Gasteiger partial charge in [0.1, 0.15) is 0 Å². The first-order chi connectivity index (χ1) is 10.9. The van der Waals surface area contributed by atoms with Crippen molar-refractivity contribution >= 4 is 5.95 Å². The van der Waals surface area contributed by atoms with E-state index in [0.29, 0.717) is 6.42 Å². The molecule has 5 nitrogen and oxygen atoms in total. The summed E-state index contributed by atoms with van der Waals surface area (Å²) in [5, 5.41) is 8.93. The minimum Gasteiger partial charge on any atom is -0.338 e. The lowest BCUT2D eigenvalue weighted by Crippen LogP contribution is -2.46. The van der Waals surface area contributed by atoms with Crippen LogP contribution in [-0.2, 0) is 13.0 Å². The van der Waals surface area contributed by atoms with Crippen LogP contribution in [0.5, 0.6) is 0 Å². The Morgan fingerprint density at radius 1 is 0.955 bits per heavy atom. The number of hydrogen-bond acceptors (Lipinski definition) is 5. The van der Waals surface area contributed by atoms with Crippen molar-refractivity contribution in [1.82, 2.24) is 14.9 Å². The predicted octanol–water partition coefficient (Wildman–Crippen LogP) is 1.86. The minimum absolute atomic E-state index is 0.480. The molecule has 0 unspecified atom stereocenters. The van der Waals surface area contributed by atoms with Crippen molar-refractivity contribution in [2.45, 2.75) is 13.0 Å². The number of piperazine rings is 1. The summed E-state index contributed by atoms with van der Waals surface area (Å²) in [7, 11) is 0. The van der Waals surface area contributed by atoms with E-state index >= 15 is 0 Å². The third kappa shape index (κ3) is 3.41. The zero-order valence-electron chi connectivity index (χ0n) is 12.5. The Morgan fingerprint density at radius 2 is 1.64 bits per heavy atom. The Morgan fingerprint density at radius 3 is 2.32 bits per heavy atom. The number of nitrogens with zero attached hydrogens (tertiary/aromatic N) is 5. The van der Waals surface area contributed by atoms with Crippen molar-refractivity contribution < 1.29 is 0 Å². The highest BCUT2D eigenvalue weighted by Gasteiger charge is 2.19. The maximum Gasteiger partial charge on any atom is 0.225 e. The lowest BCUT2D eigenvalue weighted by atomic mass is 10.0. The summed E-state index contributed by atoms with van der Waals surface area (Å²) in [6.45, 7) is 4.74. The van der Waals surface area contributed by atoms with E-state index in [9.17, 15) is 0 Å². The molecule has 0 N–H and O–H groups in total. The Bertz CT molecular complexity index is 642. The predicted molar refractivity (Wildman–Crippen MR) is 85.3 cm³/mol. The fourth-order valence-corrected chi connectivity index (χ4v) is 2.77. The van der Waals surface area contributed by atoms with E-state index in [2.05, 4.69) is 31.9 Å².